The summed E-state index contributed by atoms with van der Waals surface area (Å²) in [6.45, 7) is 6.40. The van der Waals surface area contributed by atoms with Crippen molar-refractivity contribution in [3.8, 4) is 0 Å². The van der Waals surface area contributed by atoms with E-state index in [0.29, 0.717) is 24.5 Å². The first-order chi connectivity index (χ1) is 9.31. The molecule has 1 aliphatic heterocycles. The highest BCUT2D eigenvalue weighted by Crippen LogP contribution is 2.56. The standard InChI is InChI=1S/C16H25NO3/c1-15(2,3)20-14(19)17-10-16-7-5-4-6-12(16)13(17)8-11(18)9-16/h12-13H,4-10H2,1-3H3/t12-,13+,16-/m0/s1. The minimum atomic E-state index is -0.472. The first-order valence-electron chi connectivity index (χ1n) is 7.82. The first kappa shape index (κ1) is 13.9. The average Bonchev–Trinajstić information content (AvgIpc) is 2.54. The van der Waals surface area contributed by atoms with E-state index in [4.69, 9.17) is 4.74 Å². The molecule has 1 heterocycles. The smallest absolute Gasteiger partial charge is 0.410 e. The van der Waals surface area contributed by atoms with Gasteiger partial charge in [-0.1, -0.05) is 12.8 Å². The fraction of sp³-hybridized carbons (Fsp3) is 0.875. The zero-order valence-electron chi connectivity index (χ0n) is 12.8. The Morgan fingerprint density at radius 1 is 1.35 bits per heavy atom. The van der Waals surface area contributed by atoms with E-state index in [1.165, 1.54) is 12.8 Å². The van der Waals surface area contributed by atoms with Crippen LogP contribution in [0.25, 0.3) is 0 Å². The Kier molecular flexibility index (Phi) is 3.11. The molecule has 2 saturated carbocycles. The summed E-state index contributed by atoms with van der Waals surface area (Å²) < 4.78 is 5.54. The normalized spacial score (nSPS) is 36.8. The molecule has 4 heteroatoms. The summed E-state index contributed by atoms with van der Waals surface area (Å²) in [5.74, 6) is 0.848. The largest absolute Gasteiger partial charge is 0.444 e. The Balaban J connectivity index is 1.84. The molecule has 2 bridgehead atoms. The zero-order chi connectivity index (χ0) is 14.5. The van der Waals surface area contributed by atoms with Gasteiger partial charge in [0.15, 0.2) is 0 Å². The van der Waals surface area contributed by atoms with E-state index in [0.717, 1.165) is 19.4 Å². The van der Waals surface area contributed by atoms with Gasteiger partial charge in [-0.3, -0.25) is 4.79 Å². The van der Waals surface area contributed by atoms with Gasteiger partial charge < -0.3 is 9.64 Å². The highest BCUT2D eigenvalue weighted by atomic mass is 16.6. The van der Waals surface area contributed by atoms with Crippen molar-refractivity contribution in [3.63, 3.8) is 0 Å². The molecular formula is C16H25NO3. The predicted octanol–water partition coefficient (Wildman–Crippen LogP) is 3.15. The quantitative estimate of drug-likeness (QED) is 0.684. The molecule has 112 valence electrons. The van der Waals surface area contributed by atoms with E-state index in [-0.39, 0.29) is 17.6 Å². The average molecular weight is 279 g/mol. The third-order valence-corrected chi connectivity index (χ3v) is 5.19. The van der Waals surface area contributed by atoms with Gasteiger partial charge in [0.05, 0.1) is 0 Å². The van der Waals surface area contributed by atoms with Crippen molar-refractivity contribution in [1.29, 1.82) is 0 Å². The van der Waals surface area contributed by atoms with Crippen LogP contribution in [0.5, 0.6) is 0 Å². The first-order valence-corrected chi connectivity index (χ1v) is 7.82. The molecule has 3 rings (SSSR count). The summed E-state index contributed by atoms with van der Waals surface area (Å²) in [6, 6.07) is 0.0893. The SMILES string of the molecule is CC(C)(C)OC(=O)N1C[C@@]23CCCC[C@H]2[C@H]1CC(=O)C3. The van der Waals surface area contributed by atoms with Crippen molar-refractivity contribution >= 4 is 11.9 Å². The molecule has 0 aromatic rings. The second-order valence-electron chi connectivity index (χ2n) is 7.81. The zero-order valence-corrected chi connectivity index (χ0v) is 12.8. The summed E-state index contributed by atoms with van der Waals surface area (Å²) in [6.07, 6.45) is 5.67. The monoisotopic (exact) mass is 279 g/mol. The van der Waals surface area contributed by atoms with Crippen molar-refractivity contribution in [3.05, 3.63) is 0 Å². The lowest BCUT2D eigenvalue weighted by Gasteiger charge is -2.42. The topological polar surface area (TPSA) is 46.6 Å². The van der Waals surface area contributed by atoms with Gasteiger partial charge in [0.2, 0.25) is 0 Å². The number of likely N-dealkylation sites (tertiary alicyclic amines) is 1. The fourth-order valence-corrected chi connectivity index (χ4v) is 4.55. The van der Waals surface area contributed by atoms with Crippen LogP contribution in [-0.4, -0.2) is 35.0 Å². The van der Waals surface area contributed by atoms with Crippen molar-refractivity contribution in [2.24, 2.45) is 11.3 Å². The lowest BCUT2D eigenvalue weighted by Crippen LogP contribution is -2.44. The molecule has 0 aromatic carbocycles. The predicted molar refractivity (Wildman–Crippen MR) is 75.4 cm³/mol. The van der Waals surface area contributed by atoms with Gasteiger partial charge in [-0.2, -0.15) is 0 Å². The maximum absolute atomic E-state index is 12.4. The molecule has 0 unspecified atom stereocenters. The molecule has 0 spiro atoms. The molecule has 3 aliphatic rings. The molecule has 2 aliphatic carbocycles. The summed E-state index contributed by atoms with van der Waals surface area (Å²) >= 11 is 0. The number of carbonyl (C=O) groups excluding carboxylic acids is 2. The van der Waals surface area contributed by atoms with Crippen LogP contribution in [-0.2, 0) is 9.53 Å². The minimum Gasteiger partial charge on any atom is -0.444 e. The van der Waals surface area contributed by atoms with Gasteiger partial charge >= 0.3 is 6.09 Å². The van der Waals surface area contributed by atoms with Crippen molar-refractivity contribution in [2.45, 2.75) is 70.9 Å². The summed E-state index contributed by atoms with van der Waals surface area (Å²) in [4.78, 5) is 26.4. The lowest BCUT2D eigenvalue weighted by atomic mass is 9.60. The van der Waals surface area contributed by atoms with E-state index >= 15 is 0 Å². The van der Waals surface area contributed by atoms with Crippen LogP contribution in [0.2, 0.25) is 0 Å². The van der Waals surface area contributed by atoms with E-state index in [2.05, 4.69) is 0 Å². The molecule has 1 saturated heterocycles. The Morgan fingerprint density at radius 3 is 2.80 bits per heavy atom. The van der Waals surface area contributed by atoms with Crippen LogP contribution in [0, 0.1) is 11.3 Å². The van der Waals surface area contributed by atoms with Crippen LogP contribution >= 0.6 is 0 Å². The molecule has 0 aromatic heterocycles. The van der Waals surface area contributed by atoms with Crippen LogP contribution < -0.4 is 0 Å². The Morgan fingerprint density at radius 2 is 2.10 bits per heavy atom. The highest BCUT2D eigenvalue weighted by Gasteiger charge is 2.58. The van der Waals surface area contributed by atoms with Crippen LogP contribution in [0.4, 0.5) is 4.79 Å². The summed E-state index contributed by atoms with van der Waals surface area (Å²) in [5.41, 5.74) is -0.407. The van der Waals surface area contributed by atoms with Gasteiger partial charge in [0.1, 0.15) is 11.4 Å². The maximum atomic E-state index is 12.4. The molecule has 0 radical (unpaired) electrons. The molecule has 20 heavy (non-hydrogen) atoms. The maximum Gasteiger partial charge on any atom is 0.410 e. The van der Waals surface area contributed by atoms with Gasteiger partial charge in [0.25, 0.3) is 0 Å². The van der Waals surface area contributed by atoms with Crippen molar-refractivity contribution in [1.82, 2.24) is 4.90 Å². The van der Waals surface area contributed by atoms with Gasteiger partial charge in [-0.05, 0) is 44.9 Å². The number of nitrogens with zero attached hydrogens (tertiary/aromatic N) is 1. The summed E-state index contributed by atoms with van der Waals surface area (Å²) in [5, 5.41) is 0. The third kappa shape index (κ3) is 2.23. The Labute approximate surface area is 120 Å². The second-order valence-corrected chi connectivity index (χ2v) is 7.81. The highest BCUT2D eigenvalue weighted by molar-refractivity contribution is 5.83. The number of Topliss-reactive ketones (excluding diaryl/α,β-unsaturated/α-hetero) is 1. The molecular weight excluding hydrogens is 254 g/mol. The molecule has 1 amide bonds. The number of carbonyl (C=O) groups is 2. The Bertz CT molecular complexity index is 439. The number of hydrogen-bond acceptors (Lipinski definition) is 3. The minimum absolute atomic E-state index is 0.0646. The van der Waals surface area contributed by atoms with Gasteiger partial charge in [-0.15, -0.1) is 0 Å². The molecule has 3 atom stereocenters. The number of ketones is 1. The van der Waals surface area contributed by atoms with E-state index in [9.17, 15) is 9.59 Å². The molecule has 3 fully saturated rings. The molecule has 4 nitrogen and oxygen atoms in total. The Hall–Kier alpha value is -1.06. The van der Waals surface area contributed by atoms with E-state index < -0.39 is 5.60 Å². The van der Waals surface area contributed by atoms with E-state index in [1.807, 2.05) is 25.7 Å². The third-order valence-electron chi connectivity index (χ3n) is 5.19. The van der Waals surface area contributed by atoms with Crippen LogP contribution in [0.3, 0.4) is 0 Å². The number of ether oxygens (including phenoxy) is 1. The van der Waals surface area contributed by atoms with E-state index in [1.54, 1.807) is 0 Å². The van der Waals surface area contributed by atoms with Gasteiger partial charge in [-0.25, -0.2) is 4.79 Å². The number of rotatable bonds is 0. The lowest BCUT2D eigenvalue weighted by molar-refractivity contribution is -0.125. The number of hydrogen-bond donors (Lipinski definition) is 0. The second kappa shape index (κ2) is 4.47. The van der Waals surface area contributed by atoms with Crippen molar-refractivity contribution < 1.29 is 14.3 Å². The van der Waals surface area contributed by atoms with Crippen LogP contribution in [0.1, 0.15) is 59.3 Å². The van der Waals surface area contributed by atoms with Crippen molar-refractivity contribution in [2.75, 3.05) is 6.54 Å². The van der Waals surface area contributed by atoms with Gasteiger partial charge in [0, 0.05) is 25.4 Å². The summed E-state index contributed by atoms with van der Waals surface area (Å²) in [7, 11) is 0. The fourth-order valence-electron chi connectivity index (χ4n) is 4.55. The number of amides is 1. The van der Waals surface area contributed by atoms with Crippen LogP contribution in [0.15, 0.2) is 0 Å². The molecule has 0 N–H and O–H groups in total.